The molecule has 0 radical (unpaired) electrons. The fourth-order valence-corrected chi connectivity index (χ4v) is 0.729. The summed E-state index contributed by atoms with van der Waals surface area (Å²) >= 11 is 0. The van der Waals surface area contributed by atoms with Crippen LogP contribution in [0, 0.1) is 0 Å². The van der Waals surface area contributed by atoms with E-state index in [0.717, 1.165) is 10.6 Å². The van der Waals surface area contributed by atoms with Crippen molar-refractivity contribution < 1.29 is 0 Å². The molecule has 0 atom stereocenters. The maximum absolute atomic E-state index is 4.01. The molecule has 1 nitrogen and oxygen atoms in total. The SMILES string of the molecule is C=C/C=c1/cccnc1=C.CC. The van der Waals surface area contributed by atoms with E-state index in [2.05, 4.69) is 18.1 Å². The van der Waals surface area contributed by atoms with Crippen LogP contribution in [0.4, 0.5) is 0 Å². The van der Waals surface area contributed by atoms with Crippen molar-refractivity contribution in [2.24, 2.45) is 0 Å². The van der Waals surface area contributed by atoms with Gasteiger partial charge in [-0.2, -0.15) is 0 Å². The van der Waals surface area contributed by atoms with Crippen LogP contribution in [0.15, 0.2) is 31.0 Å². The molecular weight excluding hydrogens is 146 g/mol. The van der Waals surface area contributed by atoms with Crippen LogP contribution in [0.5, 0.6) is 0 Å². The van der Waals surface area contributed by atoms with Crippen LogP contribution in [0.25, 0.3) is 12.7 Å². The number of nitrogens with zero attached hydrogens (tertiary/aromatic N) is 1. The van der Waals surface area contributed by atoms with E-state index < -0.39 is 0 Å². The molecular formula is C11H15N. The van der Waals surface area contributed by atoms with E-state index in [9.17, 15) is 0 Å². The summed E-state index contributed by atoms with van der Waals surface area (Å²) in [6.45, 7) is 11.3. The van der Waals surface area contributed by atoms with Gasteiger partial charge in [0.2, 0.25) is 0 Å². The first-order valence-corrected chi connectivity index (χ1v) is 4.07. The monoisotopic (exact) mass is 161 g/mol. The zero-order chi connectivity index (χ0) is 9.40. The minimum absolute atomic E-state index is 0.794. The van der Waals surface area contributed by atoms with Crippen LogP contribution in [0.2, 0.25) is 0 Å². The number of aromatic nitrogens is 1. The van der Waals surface area contributed by atoms with E-state index in [1.54, 1.807) is 12.3 Å². The highest BCUT2D eigenvalue weighted by molar-refractivity contribution is 5.34. The highest BCUT2D eigenvalue weighted by Crippen LogP contribution is 1.66. The molecule has 0 bridgehead atoms. The van der Waals surface area contributed by atoms with Gasteiger partial charge in [-0.25, -0.2) is 0 Å². The normalized spacial score (nSPS) is 10.0. The lowest BCUT2D eigenvalue weighted by Crippen LogP contribution is -2.24. The Morgan fingerprint density at radius 2 is 2.08 bits per heavy atom. The Bertz CT molecular complexity index is 325. The van der Waals surface area contributed by atoms with Crippen LogP contribution >= 0.6 is 0 Å². The molecule has 0 aliphatic heterocycles. The number of hydrogen-bond acceptors (Lipinski definition) is 1. The fraction of sp³-hybridized carbons (Fsp3) is 0.182. The number of pyridine rings is 1. The van der Waals surface area contributed by atoms with Gasteiger partial charge >= 0.3 is 0 Å². The molecule has 0 fully saturated rings. The van der Waals surface area contributed by atoms with Gasteiger partial charge in [0, 0.05) is 6.20 Å². The topological polar surface area (TPSA) is 12.9 Å². The Morgan fingerprint density at radius 3 is 2.58 bits per heavy atom. The van der Waals surface area contributed by atoms with Crippen molar-refractivity contribution in [3.63, 3.8) is 0 Å². The third kappa shape index (κ3) is 3.15. The van der Waals surface area contributed by atoms with E-state index in [1.807, 2.05) is 32.1 Å². The van der Waals surface area contributed by atoms with Crippen molar-refractivity contribution in [2.45, 2.75) is 13.8 Å². The first-order chi connectivity index (χ1) is 5.84. The summed E-state index contributed by atoms with van der Waals surface area (Å²) in [6, 6.07) is 3.83. The molecule has 0 aliphatic carbocycles. The molecule has 0 aromatic carbocycles. The second kappa shape index (κ2) is 6.35. The van der Waals surface area contributed by atoms with Crippen molar-refractivity contribution >= 4 is 12.7 Å². The second-order valence-corrected chi connectivity index (χ2v) is 1.94. The Balaban J connectivity index is 0.000000561. The van der Waals surface area contributed by atoms with Crippen molar-refractivity contribution in [1.29, 1.82) is 0 Å². The number of hydrogen-bond donors (Lipinski definition) is 0. The van der Waals surface area contributed by atoms with E-state index in [4.69, 9.17) is 0 Å². The van der Waals surface area contributed by atoms with Gasteiger partial charge in [0.25, 0.3) is 0 Å². The fourth-order valence-electron chi connectivity index (χ4n) is 0.729. The summed E-state index contributed by atoms with van der Waals surface area (Å²) in [6.07, 6.45) is 5.34. The summed E-state index contributed by atoms with van der Waals surface area (Å²) in [5.74, 6) is 0. The van der Waals surface area contributed by atoms with Crippen molar-refractivity contribution in [3.8, 4) is 0 Å². The molecule has 0 saturated carbocycles. The van der Waals surface area contributed by atoms with Crippen molar-refractivity contribution in [1.82, 2.24) is 4.98 Å². The van der Waals surface area contributed by atoms with E-state index in [0.29, 0.717) is 0 Å². The maximum Gasteiger partial charge on any atom is 0.0630 e. The average Bonchev–Trinajstić information content (AvgIpc) is 2.13. The lowest BCUT2D eigenvalue weighted by molar-refractivity contribution is 1.23. The van der Waals surface area contributed by atoms with E-state index in [-0.39, 0.29) is 0 Å². The van der Waals surface area contributed by atoms with Crippen LogP contribution in [-0.4, -0.2) is 4.98 Å². The van der Waals surface area contributed by atoms with Gasteiger partial charge in [0.15, 0.2) is 0 Å². The molecule has 1 aromatic rings. The van der Waals surface area contributed by atoms with Gasteiger partial charge in [-0.1, -0.05) is 45.2 Å². The van der Waals surface area contributed by atoms with Gasteiger partial charge in [0.05, 0.1) is 5.35 Å². The summed E-state index contributed by atoms with van der Waals surface area (Å²) in [5, 5.41) is 1.82. The molecule has 0 aliphatic rings. The molecule has 0 unspecified atom stereocenters. The average molecular weight is 161 g/mol. The smallest absolute Gasteiger partial charge is 0.0630 e. The third-order valence-electron chi connectivity index (χ3n) is 1.22. The molecule has 1 aromatic heterocycles. The molecule has 1 heteroatoms. The van der Waals surface area contributed by atoms with Crippen LogP contribution in [-0.2, 0) is 0 Å². The molecule has 0 spiro atoms. The van der Waals surface area contributed by atoms with E-state index >= 15 is 0 Å². The Hall–Kier alpha value is -1.37. The molecule has 64 valence electrons. The van der Waals surface area contributed by atoms with Crippen molar-refractivity contribution in [2.75, 3.05) is 0 Å². The highest BCUT2D eigenvalue weighted by atomic mass is 14.6. The largest absolute Gasteiger partial charge is 0.257 e. The second-order valence-electron chi connectivity index (χ2n) is 1.94. The number of rotatable bonds is 1. The quantitative estimate of drug-likeness (QED) is 0.608. The predicted octanol–water partition coefficient (Wildman–Crippen LogP) is 1.48. The molecule has 0 N–H and O–H groups in total. The summed E-state index contributed by atoms with van der Waals surface area (Å²) in [4.78, 5) is 4.01. The first kappa shape index (κ1) is 10.6. The summed E-state index contributed by atoms with van der Waals surface area (Å²) < 4.78 is 0. The minimum Gasteiger partial charge on any atom is -0.257 e. The minimum atomic E-state index is 0.794. The zero-order valence-corrected chi connectivity index (χ0v) is 7.75. The maximum atomic E-state index is 4.01. The molecule has 0 amide bonds. The van der Waals surface area contributed by atoms with Gasteiger partial charge < -0.3 is 0 Å². The molecule has 1 heterocycles. The predicted molar refractivity (Wildman–Crippen MR) is 55.0 cm³/mol. The van der Waals surface area contributed by atoms with Crippen LogP contribution in [0.3, 0.4) is 0 Å². The Labute approximate surface area is 73.8 Å². The lowest BCUT2D eigenvalue weighted by atomic mass is 10.3. The van der Waals surface area contributed by atoms with Gasteiger partial charge in [-0.3, -0.25) is 4.98 Å². The standard InChI is InChI=1S/C9H9N.C2H6/c1-3-5-9-6-4-7-10-8(9)2;1-2/h3-7H,1-2H2;1-2H3/b9-5-;. The van der Waals surface area contributed by atoms with Gasteiger partial charge in [-0.05, 0) is 11.3 Å². The van der Waals surface area contributed by atoms with Crippen LogP contribution < -0.4 is 10.6 Å². The third-order valence-corrected chi connectivity index (χ3v) is 1.22. The van der Waals surface area contributed by atoms with Crippen LogP contribution in [0.1, 0.15) is 13.8 Å². The molecule has 0 saturated heterocycles. The number of allylic oxidation sites excluding steroid dienone is 1. The Kier molecular flexibility index (Phi) is 5.62. The molecule has 1 rings (SSSR count). The first-order valence-electron chi connectivity index (χ1n) is 4.07. The van der Waals surface area contributed by atoms with E-state index in [1.165, 1.54) is 0 Å². The summed E-state index contributed by atoms with van der Waals surface area (Å²) in [7, 11) is 0. The van der Waals surface area contributed by atoms with Crippen molar-refractivity contribution in [3.05, 3.63) is 41.6 Å². The lowest BCUT2D eigenvalue weighted by Gasteiger charge is -1.83. The highest BCUT2D eigenvalue weighted by Gasteiger charge is 1.76. The molecule has 12 heavy (non-hydrogen) atoms. The zero-order valence-electron chi connectivity index (χ0n) is 7.75. The van der Waals surface area contributed by atoms with Gasteiger partial charge in [-0.15, -0.1) is 0 Å². The summed E-state index contributed by atoms with van der Waals surface area (Å²) in [5.41, 5.74) is 0. The Morgan fingerprint density at radius 1 is 1.42 bits per heavy atom. The van der Waals surface area contributed by atoms with Gasteiger partial charge in [0.1, 0.15) is 0 Å².